The zero-order valence-corrected chi connectivity index (χ0v) is 8.31. The van der Waals surface area contributed by atoms with Gasteiger partial charge in [0.1, 0.15) is 0 Å². The number of pyridine rings is 1. The lowest BCUT2D eigenvalue weighted by molar-refractivity contribution is -0.192. The van der Waals surface area contributed by atoms with Crippen molar-refractivity contribution in [1.29, 1.82) is 0 Å². The molecule has 0 aromatic carbocycles. The first-order chi connectivity index (χ1) is 7.73. The summed E-state index contributed by atoms with van der Waals surface area (Å²) in [5.74, 6) is -3.61. The topological polar surface area (TPSA) is 87.5 Å². The van der Waals surface area contributed by atoms with E-state index >= 15 is 0 Å². The SMILES string of the molecule is O=C(O)C(F)(F)F.O=C(O)Cc1ccccn1. The Morgan fingerprint density at radius 1 is 1.24 bits per heavy atom. The summed E-state index contributed by atoms with van der Waals surface area (Å²) >= 11 is 0. The van der Waals surface area contributed by atoms with Gasteiger partial charge >= 0.3 is 18.1 Å². The number of aromatic nitrogens is 1. The molecule has 94 valence electrons. The van der Waals surface area contributed by atoms with Crippen LogP contribution in [0.15, 0.2) is 24.4 Å². The predicted molar refractivity (Wildman–Crippen MR) is 49.3 cm³/mol. The number of hydrogen-bond donors (Lipinski definition) is 2. The van der Waals surface area contributed by atoms with Gasteiger partial charge in [-0.15, -0.1) is 0 Å². The molecule has 0 spiro atoms. The van der Waals surface area contributed by atoms with Gasteiger partial charge in [0.25, 0.3) is 0 Å². The molecule has 0 bridgehead atoms. The first-order valence-corrected chi connectivity index (χ1v) is 4.15. The molecule has 0 amide bonds. The summed E-state index contributed by atoms with van der Waals surface area (Å²) in [6, 6.07) is 5.21. The smallest absolute Gasteiger partial charge is 0.481 e. The van der Waals surface area contributed by atoms with Gasteiger partial charge in [-0.05, 0) is 12.1 Å². The van der Waals surface area contributed by atoms with Crippen molar-refractivity contribution < 1.29 is 33.0 Å². The average Bonchev–Trinajstić information content (AvgIpc) is 2.17. The van der Waals surface area contributed by atoms with E-state index in [9.17, 15) is 18.0 Å². The second-order valence-electron chi connectivity index (χ2n) is 2.69. The number of hydrogen-bond acceptors (Lipinski definition) is 3. The Balaban J connectivity index is 0.000000325. The van der Waals surface area contributed by atoms with Crippen molar-refractivity contribution in [3.63, 3.8) is 0 Å². The van der Waals surface area contributed by atoms with Crippen LogP contribution in [0.2, 0.25) is 0 Å². The van der Waals surface area contributed by atoms with Crippen molar-refractivity contribution in [3.8, 4) is 0 Å². The maximum atomic E-state index is 10.6. The van der Waals surface area contributed by atoms with Crippen LogP contribution >= 0.6 is 0 Å². The molecule has 0 aliphatic rings. The summed E-state index contributed by atoms with van der Waals surface area (Å²) in [6.45, 7) is 0. The van der Waals surface area contributed by atoms with Crippen molar-refractivity contribution in [2.45, 2.75) is 12.6 Å². The standard InChI is InChI=1S/C7H7NO2.C2HF3O2/c9-7(10)5-6-3-1-2-4-8-6;3-2(4,5)1(6)7/h1-4H,5H2,(H,9,10);(H,6,7). The van der Waals surface area contributed by atoms with Gasteiger partial charge in [0, 0.05) is 6.20 Å². The first kappa shape index (κ1) is 14.9. The van der Waals surface area contributed by atoms with Crippen LogP contribution in [-0.4, -0.2) is 33.3 Å². The molecule has 0 aliphatic carbocycles. The predicted octanol–water partition coefficient (Wildman–Crippen LogP) is 1.34. The molecule has 5 nitrogen and oxygen atoms in total. The maximum absolute atomic E-state index is 10.6. The molecular weight excluding hydrogens is 243 g/mol. The summed E-state index contributed by atoms with van der Waals surface area (Å²) < 4.78 is 31.7. The van der Waals surface area contributed by atoms with Gasteiger partial charge < -0.3 is 10.2 Å². The van der Waals surface area contributed by atoms with Crippen molar-refractivity contribution >= 4 is 11.9 Å². The Hall–Kier alpha value is -2.12. The number of alkyl halides is 3. The summed E-state index contributed by atoms with van der Waals surface area (Å²) in [5.41, 5.74) is 0.593. The Morgan fingerprint density at radius 2 is 1.76 bits per heavy atom. The molecule has 8 heteroatoms. The summed E-state index contributed by atoms with van der Waals surface area (Å²) in [6.07, 6.45) is -3.50. The van der Waals surface area contributed by atoms with E-state index in [-0.39, 0.29) is 6.42 Å². The highest BCUT2D eigenvalue weighted by Crippen LogP contribution is 2.13. The van der Waals surface area contributed by atoms with Crippen LogP contribution in [0.25, 0.3) is 0 Å². The first-order valence-electron chi connectivity index (χ1n) is 4.15. The molecule has 0 atom stereocenters. The number of carboxylic acids is 2. The lowest BCUT2D eigenvalue weighted by Crippen LogP contribution is -2.21. The minimum Gasteiger partial charge on any atom is -0.481 e. The number of carboxylic acid groups (broad SMARTS) is 2. The molecule has 0 aliphatic heterocycles. The van der Waals surface area contributed by atoms with Crippen LogP contribution in [-0.2, 0) is 16.0 Å². The van der Waals surface area contributed by atoms with Gasteiger partial charge in [0.2, 0.25) is 0 Å². The molecule has 0 fully saturated rings. The molecule has 1 aromatic rings. The summed E-state index contributed by atoms with van der Waals surface area (Å²) in [5, 5.41) is 15.5. The number of rotatable bonds is 2. The second-order valence-corrected chi connectivity index (χ2v) is 2.69. The minimum atomic E-state index is -5.08. The summed E-state index contributed by atoms with van der Waals surface area (Å²) in [4.78, 5) is 22.9. The van der Waals surface area contributed by atoms with E-state index < -0.39 is 18.1 Å². The van der Waals surface area contributed by atoms with Crippen molar-refractivity contribution in [2.75, 3.05) is 0 Å². The van der Waals surface area contributed by atoms with Gasteiger partial charge in [0.15, 0.2) is 0 Å². The molecule has 1 rings (SSSR count). The van der Waals surface area contributed by atoms with Crippen molar-refractivity contribution in [2.24, 2.45) is 0 Å². The van der Waals surface area contributed by atoms with E-state index in [0.29, 0.717) is 5.69 Å². The average molecular weight is 251 g/mol. The van der Waals surface area contributed by atoms with E-state index in [1.165, 1.54) is 0 Å². The van der Waals surface area contributed by atoms with Gasteiger partial charge in [-0.3, -0.25) is 9.78 Å². The molecule has 1 aromatic heterocycles. The van der Waals surface area contributed by atoms with Crippen molar-refractivity contribution in [3.05, 3.63) is 30.1 Å². The van der Waals surface area contributed by atoms with Crippen LogP contribution in [0, 0.1) is 0 Å². The lowest BCUT2D eigenvalue weighted by atomic mass is 10.3. The van der Waals surface area contributed by atoms with Crippen molar-refractivity contribution in [1.82, 2.24) is 4.98 Å². The van der Waals surface area contributed by atoms with Crippen LogP contribution in [0.3, 0.4) is 0 Å². The van der Waals surface area contributed by atoms with E-state index in [1.54, 1.807) is 24.4 Å². The Labute approximate surface area is 93.5 Å². The Bertz CT molecular complexity index is 378. The Kier molecular flexibility index (Phi) is 5.65. The molecule has 0 saturated carbocycles. The van der Waals surface area contributed by atoms with Crippen LogP contribution in [0.5, 0.6) is 0 Å². The second kappa shape index (κ2) is 6.46. The lowest BCUT2D eigenvalue weighted by Gasteiger charge is -1.93. The molecule has 1 heterocycles. The minimum absolute atomic E-state index is 0.000833. The van der Waals surface area contributed by atoms with Gasteiger partial charge in [-0.25, -0.2) is 4.79 Å². The highest BCUT2D eigenvalue weighted by atomic mass is 19.4. The van der Waals surface area contributed by atoms with E-state index in [1.807, 2.05) is 0 Å². The third-order valence-corrected chi connectivity index (χ3v) is 1.30. The molecular formula is C9H8F3NO4. The normalized spacial score (nSPS) is 10.1. The fraction of sp³-hybridized carbons (Fsp3) is 0.222. The van der Waals surface area contributed by atoms with E-state index in [0.717, 1.165) is 0 Å². The highest BCUT2D eigenvalue weighted by molar-refractivity contribution is 5.73. The quantitative estimate of drug-likeness (QED) is 0.828. The number of halogens is 3. The van der Waals surface area contributed by atoms with Crippen LogP contribution < -0.4 is 0 Å². The molecule has 0 saturated heterocycles. The number of aliphatic carboxylic acids is 2. The van der Waals surface area contributed by atoms with E-state index in [4.69, 9.17) is 15.0 Å². The fourth-order valence-corrected chi connectivity index (χ4v) is 0.658. The molecule has 0 unspecified atom stereocenters. The maximum Gasteiger partial charge on any atom is 0.490 e. The zero-order valence-electron chi connectivity index (χ0n) is 8.31. The monoisotopic (exact) mass is 251 g/mol. The third kappa shape index (κ3) is 7.77. The molecule has 17 heavy (non-hydrogen) atoms. The molecule has 0 radical (unpaired) electrons. The van der Waals surface area contributed by atoms with Gasteiger partial charge in [-0.2, -0.15) is 13.2 Å². The third-order valence-electron chi connectivity index (χ3n) is 1.30. The fourth-order valence-electron chi connectivity index (χ4n) is 0.658. The van der Waals surface area contributed by atoms with Gasteiger partial charge in [0.05, 0.1) is 12.1 Å². The zero-order chi connectivity index (χ0) is 13.5. The Morgan fingerprint density at radius 3 is 2.06 bits per heavy atom. The van der Waals surface area contributed by atoms with Crippen LogP contribution in [0.1, 0.15) is 5.69 Å². The largest absolute Gasteiger partial charge is 0.490 e. The number of carbonyl (C=O) groups is 2. The molecule has 2 N–H and O–H groups in total. The van der Waals surface area contributed by atoms with Gasteiger partial charge in [-0.1, -0.05) is 6.07 Å². The van der Waals surface area contributed by atoms with Crippen LogP contribution in [0.4, 0.5) is 13.2 Å². The summed E-state index contributed by atoms with van der Waals surface area (Å²) in [7, 11) is 0. The number of nitrogens with zero attached hydrogens (tertiary/aromatic N) is 1. The van der Waals surface area contributed by atoms with E-state index in [2.05, 4.69) is 4.98 Å². The highest BCUT2D eigenvalue weighted by Gasteiger charge is 2.38.